The van der Waals surface area contributed by atoms with Gasteiger partial charge in [0.05, 0.1) is 18.4 Å². The molecule has 5 nitrogen and oxygen atoms in total. The number of aromatic carboxylic acids is 1. The number of pyridine rings is 1. The number of carbonyl (C=O) groups is 1. The number of ether oxygens (including phenoxy) is 1. The molecule has 0 amide bonds. The third-order valence-electron chi connectivity index (χ3n) is 4.98. The fraction of sp³-hybridized carbons (Fsp3) is 0.130. The molecule has 2 aromatic heterocycles. The number of hydrogen-bond donors (Lipinski definition) is 2. The zero-order valence-electron chi connectivity index (χ0n) is 16.3. The minimum absolute atomic E-state index is 0.0976. The summed E-state index contributed by atoms with van der Waals surface area (Å²) in [6.07, 6.45) is -4.23. The molecule has 4 aromatic rings. The van der Waals surface area contributed by atoms with E-state index < -0.39 is 17.7 Å². The average molecular weight is 426 g/mol. The summed E-state index contributed by atoms with van der Waals surface area (Å²) < 4.78 is 45.0. The second-order valence-electron chi connectivity index (χ2n) is 6.96. The third kappa shape index (κ3) is 4.09. The smallest absolute Gasteiger partial charge is 0.416 e. The molecule has 0 radical (unpaired) electrons. The van der Waals surface area contributed by atoms with Gasteiger partial charge in [-0.25, -0.2) is 9.78 Å². The van der Waals surface area contributed by atoms with Crippen LogP contribution in [0.15, 0.2) is 60.7 Å². The topological polar surface area (TPSA) is 75.2 Å². The quantitative estimate of drug-likeness (QED) is 0.439. The molecule has 0 saturated heterocycles. The number of carboxylic acid groups (broad SMARTS) is 1. The molecule has 2 heterocycles. The lowest BCUT2D eigenvalue weighted by atomic mass is 9.99. The van der Waals surface area contributed by atoms with E-state index >= 15 is 0 Å². The molecule has 0 saturated carbocycles. The van der Waals surface area contributed by atoms with Crippen molar-refractivity contribution >= 4 is 16.9 Å². The Kier molecular flexibility index (Phi) is 5.14. The van der Waals surface area contributed by atoms with E-state index in [1.165, 1.54) is 19.2 Å². The third-order valence-corrected chi connectivity index (χ3v) is 4.98. The van der Waals surface area contributed by atoms with E-state index in [0.717, 1.165) is 17.5 Å². The highest BCUT2D eigenvalue weighted by molar-refractivity contribution is 5.92. The molecule has 0 aliphatic heterocycles. The van der Waals surface area contributed by atoms with E-state index in [2.05, 4.69) is 9.97 Å². The summed E-state index contributed by atoms with van der Waals surface area (Å²) in [4.78, 5) is 18.6. The summed E-state index contributed by atoms with van der Waals surface area (Å²) in [6.45, 7) is 0. The van der Waals surface area contributed by atoms with Gasteiger partial charge in [-0.3, -0.25) is 0 Å². The van der Waals surface area contributed by atoms with E-state index in [9.17, 15) is 23.1 Å². The number of aromatic amines is 1. The van der Waals surface area contributed by atoms with Crippen molar-refractivity contribution in [2.45, 2.75) is 12.6 Å². The van der Waals surface area contributed by atoms with Crippen molar-refractivity contribution in [1.82, 2.24) is 9.97 Å². The van der Waals surface area contributed by atoms with Gasteiger partial charge in [-0.2, -0.15) is 13.2 Å². The highest BCUT2D eigenvalue weighted by Crippen LogP contribution is 2.36. The fourth-order valence-electron chi connectivity index (χ4n) is 3.52. The van der Waals surface area contributed by atoms with Crippen LogP contribution in [0.5, 0.6) is 5.75 Å². The Morgan fingerprint density at radius 2 is 1.87 bits per heavy atom. The van der Waals surface area contributed by atoms with Crippen LogP contribution in [0.2, 0.25) is 0 Å². The zero-order valence-corrected chi connectivity index (χ0v) is 16.3. The lowest BCUT2D eigenvalue weighted by Crippen LogP contribution is -2.05. The Hall–Kier alpha value is -3.81. The molecule has 0 spiro atoms. The number of aromatic nitrogens is 2. The summed E-state index contributed by atoms with van der Waals surface area (Å²) in [6, 6.07) is 15.1. The number of benzene rings is 2. The minimum Gasteiger partial charge on any atom is -0.497 e. The highest BCUT2D eigenvalue weighted by atomic mass is 19.4. The summed E-state index contributed by atoms with van der Waals surface area (Å²) in [5.74, 6) is -0.550. The standard InChI is InChI=1S/C23H17F3N2O3/c1-31-16-8-9-17-18(11-15-6-3-7-19(27-15)22(29)30)21(28-20(17)12-16)13-4-2-5-14(10-13)23(24,25)26/h2-10,12,28H,11H2,1H3,(H,29,30). The van der Waals surface area contributed by atoms with Gasteiger partial charge in [-0.1, -0.05) is 18.2 Å². The highest BCUT2D eigenvalue weighted by Gasteiger charge is 2.31. The Morgan fingerprint density at radius 1 is 1.10 bits per heavy atom. The van der Waals surface area contributed by atoms with E-state index in [0.29, 0.717) is 33.8 Å². The van der Waals surface area contributed by atoms with Crippen LogP contribution in [0.25, 0.3) is 22.2 Å². The second kappa shape index (κ2) is 7.79. The second-order valence-corrected chi connectivity index (χ2v) is 6.96. The first kappa shape index (κ1) is 20.5. The lowest BCUT2D eigenvalue weighted by molar-refractivity contribution is -0.137. The first-order valence-corrected chi connectivity index (χ1v) is 9.31. The molecule has 0 aliphatic carbocycles. The zero-order chi connectivity index (χ0) is 22.2. The molecule has 0 fully saturated rings. The van der Waals surface area contributed by atoms with Crippen molar-refractivity contribution in [2.75, 3.05) is 7.11 Å². The molecule has 31 heavy (non-hydrogen) atoms. The van der Waals surface area contributed by atoms with Crippen molar-refractivity contribution in [3.8, 4) is 17.0 Å². The van der Waals surface area contributed by atoms with E-state index in [1.807, 2.05) is 6.07 Å². The Bertz CT molecular complexity index is 1280. The van der Waals surface area contributed by atoms with Crippen LogP contribution < -0.4 is 4.74 Å². The summed E-state index contributed by atoms with van der Waals surface area (Å²) in [5, 5.41) is 10.0. The largest absolute Gasteiger partial charge is 0.497 e. The van der Waals surface area contributed by atoms with Gasteiger partial charge in [-0.15, -0.1) is 0 Å². The number of rotatable bonds is 5. The van der Waals surface area contributed by atoms with E-state index in [4.69, 9.17) is 4.74 Å². The van der Waals surface area contributed by atoms with Crippen molar-refractivity contribution in [3.63, 3.8) is 0 Å². The summed E-state index contributed by atoms with van der Waals surface area (Å²) >= 11 is 0. The minimum atomic E-state index is -4.47. The van der Waals surface area contributed by atoms with Crippen molar-refractivity contribution in [2.24, 2.45) is 0 Å². The summed E-state index contributed by atoms with van der Waals surface area (Å²) in [7, 11) is 1.53. The molecule has 0 aliphatic rings. The lowest BCUT2D eigenvalue weighted by Gasteiger charge is -2.10. The SMILES string of the molecule is COc1ccc2c(Cc3cccc(C(=O)O)n3)c(-c3cccc(C(F)(F)F)c3)[nH]c2c1. The predicted octanol–water partition coefficient (Wildman–Crippen LogP) is 5.55. The van der Waals surface area contributed by atoms with Gasteiger partial charge in [-0.05, 0) is 47.5 Å². The molecular formula is C23H17F3N2O3. The number of H-pyrrole nitrogens is 1. The van der Waals surface area contributed by atoms with Crippen LogP contribution >= 0.6 is 0 Å². The number of hydrogen-bond acceptors (Lipinski definition) is 3. The van der Waals surface area contributed by atoms with Crippen LogP contribution in [-0.2, 0) is 12.6 Å². The van der Waals surface area contributed by atoms with Crippen LogP contribution in [0.1, 0.15) is 27.3 Å². The normalized spacial score (nSPS) is 11.6. The number of alkyl halides is 3. The molecular weight excluding hydrogens is 409 g/mol. The van der Waals surface area contributed by atoms with Crippen molar-refractivity contribution < 1.29 is 27.8 Å². The van der Waals surface area contributed by atoms with Gasteiger partial charge >= 0.3 is 12.1 Å². The van der Waals surface area contributed by atoms with Gasteiger partial charge in [0.1, 0.15) is 11.4 Å². The average Bonchev–Trinajstić information content (AvgIpc) is 3.11. The number of carboxylic acids is 1. The maximum atomic E-state index is 13.3. The Labute approximate surface area is 175 Å². The van der Waals surface area contributed by atoms with E-state index in [1.54, 1.807) is 30.3 Å². The van der Waals surface area contributed by atoms with E-state index in [-0.39, 0.29) is 12.1 Å². The molecule has 0 atom stereocenters. The van der Waals surface area contributed by atoms with Gasteiger partial charge in [0.2, 0.25) is 0 Å². The molecule has 0 unspecified atom stereocenters. The number of methoxy groups -OCH3 is 1. The molecule has 158 valence electrons. The summed E-state index contributed by atoms with van der Waals surface area (Å²) in [5.41, 5.74) is 1.93. The molecule has 2 N–H and O–H groups in total. The predicted molar refractivity (Wildman–Crippen MR) is 109 cm³/mol. The molecule has 8 heteroatoms. The van der Waals surface area contributed by atoms with Crippen LogP contribution in [0.4, 0.5) is 13.2 Å². The molecule has 0 bridgehead atoms. The van der Waals surface area contributed by atoms with Crippen LogP contribution in [0.3, 0.4) is 0 Å². The number of halogens is 3. The maximum Gasteiger partial charge on any atom is 0.416 e. The van der Waals surface area contributed by atoms with Crippen molar-refractivity contribution in [1.29, 1.82) is 0 Å². The number of fused-ring (bicyclic) bond motifs is 1. The number of nitrogens with one attached hydrogen (secondary N) is 1. The first-order chi connectivity index (χ1) is 14.8. The van der Waals surface area contributed by atoms with Gasteiger partial charge in [0, 0.05) is 29.1 Å². The maximum absolute atomic E-state index is 13.3. The Balaban J connectivity index is 1.89. The van der Waals surface area contributed by atoms with Crippen LogP contribution in [0, 0.1) is 0 Å². The number of nitrogens with zero attached hydrogens (tertiary/aromatic N) is 1. The van der Waals surface area contributed by atoms with Gasteiger partial charge in [0.25, 0.3) is 0 Å². The first-order valence-electron chi connectivity index (χ1n) is 9.31. The van der Waals surface area contributed by atoms with Crippen LogP contribution in [-0.4, -0.2) is 28.2 Å². The molecule has 4 rings (SSSR count). The molecule has 2 aromatic carbocycles. The van der Waals surface area contributed by atoms with Gasteiger partial charge < -0.3 is 14.8 Å². The fourth-order valence-corrected chi connectivity index (χ4v) is 3.52. The van der Waals surface area contributed by atoms with Gasteiger partial charge in [0.15, 0.2) is 0 Å². The Morgan fingerprint density at radius 3 is 2.58 bits per heavy atom. The monoisotopic (exact) mass is 426 g/mol. The van der Waals surface area contributed by atoms with Crippen molar-refractivity contribution in [3.05, 3.63) is 83.2 Å².